The summed E-state index contributed by atoms with van der Waals surface area (Å²) >= 11 is 0. The normalized spacial score (nSPS) is 26.2. The van der Waals surface area contributed by atoms with Crippen LogP contribution >= 0.6 is 0 Å². The minimum absolute atomic E-state index is 0.348. The van der Waals surface area contributed by atoms with Gasteiger partial charge in [-0.2, -0.15) is 0 Å². The van der Waals surface area contributed by atoms with E-state index >= 15 is 0 Å². The van der Waals surface area contributed by atoms with Gasteiger partial charge in [-0.1, -0.05) is 18.2 Å². The lowest BCUT2D eigenvalue weighted by Gasteiger charge is -2.23. The molecule has 3 nitrogen and oxygen atoms in total. The number of aliphatic hydroxyl groups excluding tert-OH is 1. The molecular weight excluding hydrogens is 257 g/mol. The van der Waals surface area contributed by atoms with Crippen molar-refractivity contribution in [3.05, 3.63) is 35.6 Å². The molecule has 1 aromatic rings. The minimum atomic E-state index is -0.764. The molecular formula is C16H24FNO2. The summed E-state index contributed by atoms with van der Waals surface area (Å²) in [6.45, 7) is 4.37. The second-order valence-electron chi connectivity index (χ2n) is 6.02. The summed E-state index contributed by atoms with van der Waals surface area (Å²) in [5, 5.41) is 20.1. The van der Waals surface area contributed by atoms with E-state index in [1.807, 2.05) is 6.92 Å². The van der Waals surface area contributed by atoms with E-state index in [9.17, 15) is 14.6 Å². The predicted molar refractivity (Wildman–Crippen MR) is 76.9 cm³/mol. The first-order valence-corrected chi connectivity index (χ1v) is 7.35. The molecule has 0 radical (unpaired) electrons. The van der Waals surface area contributed by atoms with Crippen molar-refractivity contribution >= 4 is 0 Å². The van der Waals surface area contributed by atoms with Gasteiger partial charge in [0.15, 0.2) is 0 Å². The second kappa shape index (κ2) is 6.66. The van der Waals surface area contributed by atoms with Gasteiger partial charge in [-0.3, -0.25) is 0 Å². The Labute approximate surface area is 120 Å². The number of nitrogens with zero attached hydrogens (tertiary/aromatic N) is 1. The van der Waals surface area contributed by atoms with Crippen LogP contribution in [0, 0.1) is 5.82 Å². The van der Waals surface area contributed by atoms with Gasteiger partial charge in [-0.05, 0) is 45.2 Å². The highest BCUT2D eigenvalue weighted by atomic mass is 19.1. The van der Waals surface area contributed by atoms with E-state index in [4.69, 9.17) is 0 Å². The fourth-order valence-corrected chi connectivity index (χ4v) is 2.75. The lowest BCUT2D eigenvalue weighted by atomic mass is 9.98. The lowest BCUT2D eigenvalue weighted by molar-refractivity contribution is 0.0441. The van der Waals surface area contributed by atoms with Crippen molar-refractivity contribution in [2.75, 3.05) is 19.6 Å². The number of likely N-dealkylation sites (tertiary alicyclic amines) is 1. The van der Waals surface area contributed by atoms with Crippen LogP contribution < -0.4 is 0 Å². The third kappa shape index (κ3) is 4.27. The third-order valence-corrected chi connectivity index (χ3v) is 4.14. The Balaban J connectivity index is 1.84. The zero-order chi connectivity index (χ0) is 14.6. The molecule has 1 heterocycles. The Morgan fingerprint density at radius 3 is 2.80 bits per heavy atom. The van der Waals surface area contributed by atoms with Gasteiger partial charge in [0.05, 0.1) is 11.7 Å². The zero-order valence-corrected chi connectivity index (χ0v) is 12.1. The molecule has 0 spiro atoms. The molecule has 1 aromatic carbocycles. The highest BCUT2D eigenvalue weighted by Crippen LogP contribution is 2.23. The fraction of sp³-hybridized carbons (Fsp3) is 0.625. The first-order chi connectivity index (χ1) is 9.48. The van der Waals surface area contributed by atoms with Crippen LogP contribution in [0.2, 0.25) is 0 Å². The van der Waals surface area contributed by atoms with Crippen molar-refractivity contribution in [2.24, 2.45) is 0 Å². The van der Waals surface area contributed by atoms with Crippen LogP contribution in [0.5, 0.6) is 0 Å². The lowest BCUT2D eigenvalue weighted by Crippen LogP contribution is -2.29. The Morgan fingerprint density at radius 2 is 2.05 bits per heavy atom. The maximum absolute atomic E-state index is 13.6. The van der Waals surface area contributed by atoms with Crippen LogP contribution in [0.15, 0.2) is 24.3 Å². The van der Waals surface area contributed by atoms with Crippen LogP contribution in [0.4, 0.5) is 4.39 Å². The SMILES string of the molecule is CC1(O)CCCN(CCC(O)c2ccccc2F)CC1. The molecule has 20 heavy (non-hydrogen) atoms. The molecule has 2 unspecified atom stereocenters. The summed E-state index contributed by atoms with van der Waals surface area (Å²) < 4.78 is 13.6. The number of aliphatic hydroxyl groups is 2. The van der Waals surface area contributed by atoms with E-state index in [-0.39, 0.29) is 5.82 Å². The average molecular weight is 281 g/mol. The van der Waals surface area contributed by atoms with Crippen LogP contribution in [0.1, 0.15) is 44.3 Å². The number of rotatable bonds is 4. The molecule has 2 N–H and O–H groups in total. The molecule has 0 aromatic heterocycles. The topological polar surface area (TPSA) is 43.7 Å². The van der Waals surface area contributed by atoms with E-state index in [0.29, 0.717) is 12.0 Å². The van der Waals surface area contributed by atoms with Crippen molar-refractivity contribution < 1.29 is 14.6 Å². The number of benzene rings is 1. The molecule has 0 bridgehead atoms. The van der Waals surface area contributed by atoms with Crippen molar-refractivity contribution in [3.63, 3.8) is 0 Å². The van der Waals surface area contributed by atoms with Crippen LogP contribution in [-0.4, -0.2) is 40.3 Å². The summed E-state index contributed by atoms with van der Waals surface area (Å²) in [6, 6.07) is 6.38. The molecule has 2 atom stereocenters. The third-order valence-electron chi connectivity index (χ3n) is 4.14. The quantitative estimate of drug-likeness (QED) is 0.891. The number of hydrogen-bond acceptors (Lipinski definition) is 3. The maximum atomic E-state index is 13.6. The predicted octanol–water partition coefficient (Wildman–Crippen LogP) is 2.49. The highest BCUT2D eigenvalue weighted by molar-refractivity contribution is 5.19. The van der Waals surface area contributed by atoms with Crippen molar-refractivity contribution in [1.29, 1.82) is 0 Å². The summed E-state index contributed by atoms with van der Waals surface area (Å²) in [5.74, 6) is -0.348. The van der Waals surface area contributed by atoms with Crippen molar-refractivity contribution in [1.82, 2.24) is 4.90 Å². The molecule has 0 aliphatic carbocycles. The van der Waals surface area contributed by atoms with E-state index in [0.717, 1.165) is 38.9 Å². The Bertz CT molecular complexity index is 436. The van der Waals surface area contributed by atoms with Crippen LogP contribution in [0.3, 0.4) is 0 Å². The Morgan fingerprint density at radius 1 is 1.30 bits per heavy atom. The van der Waals surface area contributed by atoms with E-state index in [1.54, 1.807) is 18.2 Å². The smallest absolute Gasteiger partial charge is 0.128 e. The molecule has 1 fully saturated rings. The monoisotopic (exact) mass is 281 g/mol. The van der Waals surface area contributed by atoms with Gasteiger partial charge in [-0.25, -0.2) is 4.39 Å². The zero-order valence-electron chi connectivity index (χ0n) is 12.1. The summed E-state index contributed by atoms with van der Waals surface area (Å²) in [6.07, 6.45) is 2.29. The van der Waals surface area contributed by atoms with Crippen molar-refractivity contribution in [3.8, 4) is 0 Å². The number of hydrogen-bond donors (Lipinski definition) is 2. The molecule has 4 heteroatoms. The minimum Gasteiger partial charge on any atom is -0.390 e. The van der Waals surface area contributed by atoms with Gasteiger partial charge in [0.25, 0.3) is 0 Å². The van der Waals surface area contributed by atoms with Gasteiger partial charge in [0.2, 0.25) is 0 Å². The molecule has 1 saturated heterocycles. The molecule has 0 amide bonds. The van der Waals surface area contributed by atoms with E-state index < -0.39 is 11.7 Å². The molecule has 0 saturated carbocycles. The first-order valence-electron chi connectivity index (χ1n) is 7.35. The van der Waals surface area contributed by atoms with Gasteiger partial charge < -0.3 is 15.1 Å². The summed E-state index contributed by atoms with van der Waals surface area (Å²) in [5.41, 5.74) is -0.201. The molecule has 112 valence electrons. The van der Waals surface area contributed by atoms with Gasteiger partial charge in [0, 0.05) is 18.7 Å². The van der Waals surface area contributed by atoms with Crippen LogP contribution in [-0.2, 0) is 0 Å². The van der Waals surface area contributed by atoms with Crippen molar-refractivity contribution in [2.45, 2.75) is 44.3 Å². The maximum Gasteiger partial charge on any atom is 0.128 e. The van der Waals surface area contributed by atoms with Crippen LogP contribution in [0.25, 0.3) is 0 Å². The molecule has 1 aliphatic heterocycles. The average Bonchev–Trinajstić information content (AvgIpc) is 2.57. The van der Waals surface area contributed by atoms with Gasteiger partial charge in [0.1, 0.15) is 5.82 Å². The molecule has 2 rings (SSSR count). The Kier molecular flexibility index (Phi) is 5.13. The number of halogens is 1. The second-order valence-corrected chi connectivity index (χ2v) is 6.02. The van der Waals surface area contributed by atoms with Gasteiger partial charge >= 0.3 is 0 Å². The first kappa shape index (κ1) is 15.4. The largest absolute Gasteiger partial charge is 0.390 e. The highest BCUT2D eigenvalue weighted by Gasteiger charge is 2.25. The Hall–Kier alpha value is -0.970. The summed E-state index contributed by atoms with van der Waals surface area (Å²) in [4.78, 5) is 2.24. The van der Waals surface area contributed by atoms with Gasteiger partial charge in [-0.15, -0.1) is 0 Å². The molecule has 1 aliphatic rings. The van der Waals surface area contributed by atoms with E-state index in [2.05, 4.69) is 4.90 Å². The van der Waals surface area contributed by atoms with E-state index in [1.165, 1.54) is 6.07 Å². The summed E-state index contributed by atoms with van der Waals surface area (Å²) in [7, 11) is 0. The fourth-order valence-electron chi connectivity index (χ4n) is 2.75. The standard InChI is InChI=1S/C16H24FNO2/c1-16(20)8-4-10-18(12-9-16)11-7-15(19)13-5-2-3-6-14(13)17/h2-3,5-6,15,19-20H,4,7-12H2,1H3.